The number of ether oxygens (including phenoxy) is 1. The van der Waals surface area contributed by atoms with Crippen LogP contribution >= 0.6 is 12.4 Å². The number of nitrogens with zero attached hydrogens (tertiary/aromatic N) is 2. The van der Waals surface area contributed by atoms with Crippen molar-refractivity contribution in [1.82, 2.24) is 15.1 Å². The van der Waals surface area contributed by atoms with Crippen molar-refractivity contribution in [3.8, 4) is 0 Å². The second-order valence-corrected chi connectivity index (χ2v) is 8.17. The van der Waals surface area contributed by atoms with Gasteiger partial charge in [0.05, 0.1) is 6.17 Å². The molecule has 1 N–H and O–H groups in total. The summed E-state index contributed by atoms with van der Waals surface area (Å²) < 4.78 is 5.63. The Bertz CT molecular complexity index is 597. The zero-order chi connectivity index (χ0) is 17.8. The van der Waals surface area contributed by atoms with Crippen LogP contribution in [-0.2, 0) is 11.3 Å². The smallest absolute Gasteiger partial charge is 0.411 e. The van der Waals surface area contributed by atoms with Crippen LogP contribution in [0, 0.1) is 5.41 Å². The highest BCUT2D eigenvalue weighted by atomic mass is 35.5. The first kappa shape index (κ1) is 20.4. The van der Waals surface area contributed by atoms with E-state index in [4.69, 9.17) is 4.74 Å². The predicted molar refractivity (Wildman–Crippen MR) is 109 cm³/mol. The van der Waals surface area contributed by atoms with Crippen LogP contribution in [0.3, 0.4) is 0 Å². The molecular formula is C21H32ClN3O2. The van der Waals surface area contributed by atoms with Gasteiger partial charge in [-0.1, -0.05) is 30.3 Å². The maximum atomic E-state index is 12.7. The maximum absolute atomic E-state index is 12.7. The summed E-state index contributed by atoms with van der Waals surface area (Å²) in [6, 6.07) is 9.94. The monoisotopic (exact) mass is 393 g/mol. The number of likely N-dealkylation sites (tertiary alicyclic amines) is 2. The zero-order valence-corrected chi connectivity index (χ0v) is 16.9. The van der Waals surface area contributed by atoms with E-state index in [1.807, 2.05) is 35.2 Å². The van der Waals surface area contributed by atoms with Crippen molar-refractivity contribution >= 4 is 18.5 Å². The van der Waals surface area contributed by atoms with Gasteiger partial charge in [-0.2, -0.15) is 0 Å². The quantitative estimate of drug-likeness (QED) is 0.851. The van der Waals surface area contributed by atoms with E-state index in [2.05, 4.69) is 10.2 Å². The van der Waals surface area contributed by atoms with Gasteiger partial charge in [-0.15, -0.1) is 12.4 Å². The molecule has 1 aromatic carbocycles. The highest BCUT2D eigenvalue weighted by Crippen LogP contribution is 2.38. The maximum Gasteiger partial charge on any atom is 0.411 e. The first-order valence-corrected chi connectivity index (χ1v) is 10.2. The Kier molecular flexibility index (Phi) is 7.01. The van der Waals surface area contributed by atoms with Gasteiger partial charge in [-0.05, 0) is 56.0 Å². The largest absolute Gasteiger partial charge is 0.445 e. The molecule has 3 aliphatic rings. The van der Waals surface area contributed by atoms with E-state index < -0.39 is 0 Å². The van der Waals surface area contributed by atoms with Crippen LogP contribution < -0.4 is 5.32 Å². The summed E-state index contributed by atoms with van der Waals surface area (Å²) in [6.45, 7) is 5.73. The molecule has 1 atom stereocenters. The first-order valence-electron chi connectivity index (χ1n) is 10.2. The minimum atomic E-state index is -0.152. The molecule has 0 aromatic heterocycles. The molecule has 6 heteroatoms. The Hall–Kier alpha value is -1.30. The molecule has 4 rings (SSSR count). The van der Waals surface area contributed by atoms with Gasteiger partial charge in [0.15, 0.2) is 0 Å². The minimum absolute atomic E-state index is 0. The molecule has 1 amide bonds. The lowest BCUT2D eigenvalue weighted by atomic mass is 9.77. The molecule has 0 aliphatic carbocycles. The summed E-state index contributed by atoms with van der Waals surface area (Å²) in [5, 5.41) is 3.53. The van der Waals surface area contributed by atoms with Crippen LogP contribution in [0.25, 0.3) is 0 Å². The van der Waals surface area contributed by atoms with Crippen LogP contribution in [0.4, 0.5) is 4.79 Å². The third kappa shape index (κ3) is 4.76. The number of hydrogen-bond donors (Lipinski definition) is 1. The van der Waals surface area contributed by atoms with Gasteiger partial charge in [0, 0.05) is 26.2 Å². The molecule has 1 spiro atoms. The minimum Gasteiger partial charge on any atom is -0.445 e. The summed E-state index contributed by atoms with van der Waals surface area (Å²) in [5.41, 5.74) is 1.56. The molecule has 3 fully saturated rings. The second kappa shape index (κ2) is 9.26. The van der Waals surface area contributed by atoms with E-state index in [0.717, 1.165) is 38.0 Å². The standard InChI is InChI=1S/C21H31N3O2.ClH/c25-20(26-16-18-6-2-1-3-7-18)24-13-5-4-8-19(24)23-14-10-21(11-15-23)9-12-22-17-21;/h1-3,6-7,19,22H,4-5,8-17H2;1H. The fourth-order valence-corrected chi connectivity index (χ4v) is 4.83. The average Bonchev–Trinajstić information content (AvgIpc) is 3.15. The van der Waals surface area contributed by atoms with Crippen LogP contribution in [0.2, 0.25) is 0 Å². The van der Waals surface area contributed by atoms with E-state index in [1.54, 1.807) is 0 Å². The Morgan fingerprint density at radius 2 is 1.89 bits per heavy atom. The first-order chi connectivity index (χ1) is 12.8. The zero-order valence-electron chi connectivity index (χ0n) is 16.1. The highest BCUT2D eigenvalue weighted by Gasteiger charge is 2.40. The van der Waals surface area contributed by atoms with E-state index in [9.17, 15) is 4.79 Å². The Balaban J connectivity index is 0.00000210. The molecule has 27 heavy (non-hydrogen) atoms. The molecule has 5 nitrogen and oxygen atoms in total. The molecule has 1 aromatic rings. The molecule has 3 saturated heterocycles. The molecule has 150 valence electrons. The third-order valence-corrected chi connectivity index (χ3v) is 6.52. The normalized spacial score (nSPS) is 25.2. The molecular weight excluding hydrogens is 362 g/mol. The number of carbonyl (C=O) groups excluding carboxylic acids is 1. The summed E-state index contributed by atoms with van der Waals surface area (Å²) in [7, 11) is 0. The van der Waals surface area contributed by atoms with Crippen LogP contribution in [-0.4, -0.2) is 54.8 Å². The topological polar surface area (TPSA) is 44.8 Å². The van der Waals surface area contributed by atoms with Crippen molar-refractivity contribution in [2.24, 2.45) is 5.41 Å². The molecule has 0 saturated carbocycles. The number of piperidine rings is 2. The fraction of sp³-hybridized carbons (Fsp3) is 0.667. The number of rotatable bonds is 3. The van der Waals surface area contributed by atoms with E-state index >= 15 is 0 Å². The van der Waals surface area contributed by atoms with Crippen molar-refractivity contribution in [2.45, 2.75) is 51.3 Å². The summed E-state index contributed by atoms with van der Waals surface area (Å²) in [5.74, 6) is 0. The highest BCUT2D eigenvalue weighted by molar-refractivity contribution is 5.85. The number of amides is 1. The summed E-state index contributed by atoms with van der Waals surface area (Å²) in [6.07, 6.45) is 7.25. The number of halogens is 1. The van der Waals surface area contributed by atoms with E-state index in [1.165, 1.54) is 38.8 Å². The predicted octanol–water partition coefficient (Wildman–Crippen LogP) is 3.63. The van der Waals surface area contributed by atoms with Crippen molar-refractivity contribution in [3.63, 3.8) is 0 Å². The lowest BCUT2D eigenvalue weighted by Crippen LogP contribution is -2.56. The summed E-state index contributed by atoms with van der Waals surface area (Å²) in [4.78, 5) is 17.3. The van der Waals surface area contributed by atoms with Crippen molar-refractivity contribution in [3.05, 3.63) is 35.9 Å². The van der Waals surface area contributed by atoms with E-state index in [0.29, 0.717) is 12.0 Å². The van der Waals surface area contributed by atoms with Gasteiger partial charge in [0.25, 0.3) is 0 Å². The molecule has 0 bridgehead atoms. The lowest BCUT2D eigenvalue weighted by Gasteiger charge is -2.47. The fourth-order valence-electron chi connectivity index (χ4n) is 4.83. The van der Waals surface area contributed by atoms with Crippen molar-refractivity contribution in [2.75, 3.05) is 32.7 Å². The molecule has 1 unspecified atom stereocenters. The van der Waals surface area contributed by atoms with Crippen molar-refractivity contribution in [1.29, 1.82) is 0 Å². The number of nitrogens with one attached hydrogen (secondary N) is 1. The molecule has 3 heterocycles. The lowest BCUT2D eigenvalue weighted by molar-refractivity contribution is -0.0206. The Morgan fingerprint density at radius 3 is 2.59 bits per heavy atom. The molecule has 0 radical (unpaired) electrons. The number of benzene rings is 1. The Labute approximate surface area is 168 Å². The van der Waals surface area contributed by atoms with Crippen LogP contribution in [0.5, 0.6) is 0 Å². The van der Waals surface area contributed by atoms with Crippen LogP contribution in [0.1, 0.15) is 44.1 Å². The number of carbonyl (C=O) groups is 1. The van der Waals surface area contributed by atoms with E-state index in [-0.39, 0.29) is 24.7 Å². The average molecular weight is 394 g/mol. The van der Waals surface area contributed by atoms with Gasteiger partial charge in [0.2, 0.25) is 0 Å². The SMILES string of the molecule is Cl.O=C(OCc1ccccc1)N1CCCCC1N1CCC2(CCNC2)CC1. The summed E-state index contributed by atoms with van der Waals surface area (Å²) >= 11 is 0. The second-order valence-electron chi connectivity index (χ2n) is 8.17. The van der Waals surface area contributed by atoms with Crippen molar-refractivity contribution < 1.29 is 9.53 Å². The van der Waals surface area contributed by atoms with Gasteiger partial charge in [-0.25, -0.2) is 4.79 Å². The Morgan fingerprint density at radius 1 is 1.11 bits per heavy atom. The van der Waals surface area contributed by atoms with Gasteiger partial charge < -0.3 is 10.1 Å². The number of hydrogen-bond acceptors (Lipinski definition) is 4. The van der Waals surface area contributed by atoms with Gasteiger partial charge in [-0.3, -0.25) is 9.80 Å². The third-order valence-electron chi connectivity index (χ3n) is 6.52. The van der Waals surface area contributed by atoms with Gasteiger partial charge in [0.1, 0.15) is 6.61 Å². The molecule has 3 aliphatic heterocycles. The van der Waals surface area contributed by atoms with Crippen LogP contribution in [0.15, 0.2) is 30.3 Å². The van der Waals surface area contributed by atoms with Gasteiger partial charge >= 0.3 is 6.09 Å².